The van der Waals surface area contributed by atoms with E-state index in [4.69, 9.17) is 0 Å². The van der Waals surface area contributed by atoms with Crippen molar-refractivity contribution in [3.63, 3.8) is 0 Å². The van der Waals surface area contributed by atoms with Gasteiger partial charge in [-0.15, -0.1) is 5.10 Å². The molecule has 0 aliphatic carbocycles. The Bertz CT molecular complexity index is 1050. The lowest BCUT2D eigenvalue weighted by Gasteiger charge is -2.27. The zero-order valence-corrected chi connectivity index (χ0v) is 15.5. The molecule has 2 aliphatic heterocycles. The monoisotopic (exact) mass is 403 g/mol. The molecule has 2 amide bonds. The molecule has 0 radical (unpaired) electrons. The van der Waals surface area contributed by atoms with Crippen molar-refractivity contribution in [2.75, 3.05) is 16.8 Å². The van der Waals surface area contributed by atoms with Crippen LogP contribution in [0.4, 0.5) is 5.69 Å². The molecular weight excluding hydrogens is 386 g/mol. The Morgan fingerprint density at radius 1 is 1.25 bits per heavy atom. The maximum absolute atomic E-state index is 12.6. The zero-order chi connectivity index (χ0) is 19.7. The third kappa shape index (κ3) is 3.76. The minimum absolute atomic E-state index is 0.0302. The molecule has 4 rings (SSSR count). The molecule has 11 nitrogen and oxygen atoms in total. The highest BCUT2D eigenvalue weighted by atomic mass is 32.2. The molecule has 12 heteroatoms. The summed E-state index contributed by atoms with van der Waals surface area (Å²) in [7, 11) is -3.16. The standard InChI is InChI=1S/C16H17N7O4S/c24-15-5-4-14(19-23(15)13-6-7-28(26,27)9-13)16(25)18-11-2-1-3-12(8-11)22-10-17-20-21-22/h1-3,8,10,13H,4-7,9H2,(H,18,25)/t13-/m0/s1. The molecule has 2 aliphatic rings. The van der Waals surface area contributed by atoms with Crippen LogP contribution in [-0.2, 0) is 19.4 Å². The van der Waals surface area contributed by atoms with Crippen LogP contribution < -0.4 is 5.32 Å². The number of hydrogen-bond donors (Lipinski definition) is 1. The first-order chi connectivity index (χ1) is 13.4. The lowest BCUT2D eigenvalue weighted by Crippen LogP contribution is -2.42. The number of nitrogens with zero attached hydrogens (tertiary/aromatic N) is 6. The van der Waals surface area contributed by atoms with Gasteiger partial charge in [0.05, 0.1) is 23.2 Å². The maximum Gasteiger partial charge on any atom is 0.271 e. The van der Waals surface area contributed by atoms with Crippen molar-refractivity contribution in [3.8, 4) is 5.69 Å². The second-order valence-electron chi connectivity index (χ2n) is 6.60. The smallest absolute Gasteiger partial charge is 0.271 e. The second kappa shape index (κ2) is 7.11. The minimum atomic E-state index is -3.16. The molecule has 146 valence electrons. The van der Waals surface area contributed by atoms with E-state index < -0.39 is 21.8 Å². The fourth-order valence-electron chi connectivity index (χ4n) is 3.20. The number of benzene rings is 1. The molecule has 1 aromatic heterocycles. The minimum Gasteiger partial charge on any atom is -0.321 e. The summed E-state index contributed by atoms with van der Waals surface area (Å²) in [6, 6.07) is 6.43. The largest absolute Gasteiger partial charge is 0.321 e. The number of sulfone groups is 1. The van der Waals surface area contributed by atoms with E-state index in [0.717, 1.165) is 0 Å². The molecule has 1 saturated heterocycles. The van der Waals surface area contributed by atoms with Gasteiger partial charge in [0.2, 0.25) is 5.91 Å². The van der Waals surface area contributed by atoms with E-state index in [9.17, 15) is 18.0 Å². The quantitative estimate of drug-likeness (QED) is 0.743. The number of aromatic nitrogens is 4. The number of rotatable bonds is 4. The number of carbonyl (C=O) groups excluding carboxylic acids is 2. The Morgan fingerprint density at radius 3 is 2.82 bits per heavy atom. The number of tetrazole rings is 1. The van der Waals surface area contributed by atoms with Gasteiger partial charge in [-0.3, -0.25) is 9.59 Å². The summed E-state index contributed by atoms with van der Waals surface area (Å²) in [5.74, 6) is -0.792. The molecule has 0 unspecified atom stereocenters. The molecule has 1 N–H and O–H groups in total. The maximum atomic E-state index is 12.6. The second-order valence-corrected chi connectivity index (χ2v) is 8.83. The first kappa shape index (κ1) is 18.2. The van der Waals surface area contributed by atoms with Crippen LogP contribution in [0.25, 0.3) is 5.69 Å². The van der Waals surface area contributed by atoms with Crippen LogP contribution in [0.3, 0.4) is 0 Å². The van der Waals surface area contributed by atoms with Crippen molar-refractivity contribution in [2.45, 2.75) is 25.3 Å². The van der Waals surface area contributed by atoms with Gasteiger partial charge in [-0.05, 0) is 35.0 Å². The topological polar surface area (TPSA) is 140 Å². The molecule has 3 heterocycles. The average molecular weight is 403 g/mol. The SMILES string of the molecule is O=C(Nc1cccc(-n2cnnn2)c1)C1=NN([C@H]2CCS(=O)(=O)C2)C(=O)CC1. The highest BCUT2D eigenvalue weighted by Crippen LogP contribution is 2.22. The van der Waals surface area contributed by atoms with E-state index in [1.807, 2.05) is 0 Å². The first-order valence-electron chi connectivity index (χ1n) is 8.66. The lowest BCUT2D eigenvalue weighted by molar-refractivity contribution is -0.133. The van der Waals surface area contributed by atoms with Crippen molar-refractivity contribution in [1.82, 2.24) is 25.2 Å². The lowest BCUT2D eigenvalue weighted by atomic mass is 10.1. The van der Waals surface area contributed by atoms with Crippen LogP contribution in [0.15, 0.2) is 35.7 Å². The van der Waals surface area contributed by atoms with Gasteiger partial charge >= 0.3 is 0 Å². The van der Waals surface area contributed by atoms with Crippen LogP contribution >= 0.6 is 0 Å². The Hall–Kier alpha value is -3.15. The molecule has 1 aromatic carbocycles. The fourth-order valence-corrected chi connectivity index (χ4v) is 4.89. The van der Waals surface area contributed by atoms with Gasteiger partial charge in [0.15, 0.2) is 9.84 Å². The molecule has 2 aromatic rings. The molecule has 1 fully saturated rings. The summed E-state index contributed by atoms with van der Waals surface area (Å²) in [5.41, 5.74) is 1.38. The van der Waals surface area contributed by atoms with Crippen molar-refractivity contribution in [3.05, 3.63) is 30.6 Å². The van der Waals surface area contributed by atoms with Crippen LogP contribution in [0, 0.1) is 0 Å². The van der Waals surface area contributed by atoms with Crippen LogP contribution in [0.2, 0.25) is 0 Å². The summed E-state index contributed by atoms with van der Waals surface area (Å²) in [4.78, 5) is 24.8. The van der Waals surface area contributed by atoms with Gasteiger partial charge in [0.25, 0.3) is 5.91 Å². The van der Waals surface area contributed by atoms with Crippen molar-refractivity contribution in [1.29, 1.82) is 0 Å². The highest BCUT2D eigenvalue weighted by Gasteiger charge is 2.37. The normalized spacial score (nSPS) is 21.4. The highest BCUT2D eigenvalue weighted by molar-refractivity contribution is 7.91. The number of hydrogen-bond acceptors (Lipinski definition) is 8. The Kier molecular flexibility index (Phi) is 4.63. The first-order valence-corrected chi connectivity index (χ1v) is 10.5. The van der Waals surface area contributed by atoms with Crippen molar-refractivity contribution >= 4 is 33.1 Å². The number of anilines is 1. The average Bonchev–Trinajstić information content (AvgIpc) is 3.32. The predicted octanol–water partition coefficient (Wildman–Crippen LogP) is -0.234. The summed E-state index contributed by atoms with van der Waals surface area (Å²) in [5, 5.41) is 19.0. The van der Waals surface area contributed by atoms with E-state index >= 15 is 0 Å². The van der Waals surface area contributed by atoms with Gasteiger partial charge in [-0.2, -0.15) is 5.10 Å². The summed E-state index contributed by atoms with van der Waals surface area (Å²) in [6.07, 6.45) is 2.09. The van der Waals surface area contributed by atoms with E-state index in [1.54, 1.807) is 24.3 Å². The van der Waals surface area contributed by atoms with E-state index in [0.29, 0.717) is 17.8 Å². The van der Waals surface area contributed by atoms with Gasteiger partial charge in [0.1, 0.15) is 12.0 Å². The number of amides is 2. The van der Waals surface area contributed by atoms with Crippen molar-refractivity contribution < 1.29 is 18.0 Å². The van der Waals surface area contributed by atoms with Gasteiger partial charge in [0, 0.05) is 18.5 Å². The zero-order valence-electron chi connectivity index (χ0n) is 14.7. The van der Waals surface area contributed by atoms with Crippen LogP contribution in [-0.4, -0.2) is 68.7 Å². The van der Waals surface area contributed by atoms with Crippen LogP contribution in [0.1, 0.15) is 19.3 Å². The molecule has 1 atom stereocenters. The van der Waals surface area contributed by atoms with E-state index in [1.165, 1.54) is 16.0 Å². The van der Waals surface area contributed by atoms with Crippen LogP contribution in [0.5, 0.6) is 0 Å². The van der Waals surface area contributed by atoms with E-state index in [-0.39, 0.29) is 36.0 Å². The Morgan fingerprint density at radius 2 is 2.11 bits per heavy atom. The molecule has 28 heavy (non-hydrogen) atoms. The molecule has 0 bridgehead atoms. The Labute approximate surface area is 160 Å². The molecule has 0 spiro atoms. The van der Waals surface area contributed by atoms with Gasteiger partial charge < -0.3 is 5.32 Å². The summed E-state index contributed by atoms with van der Waals surface area (Å²) >= 11 is 0. The number of nitrogens with one attached hydrogen (secondary N) is 1. The van der Waals surface area contributed by atoms with Crippen molar-refractivity contribution in [2.24, 2.45) is 5.10 Å². The van der Waals surface area contributed by atoms with Gasteiger partial charge in [-0.25, -0.2) is 18.1 Å². The number of carbonyl (C=O) groups is 2. The number of hydrazone groups is 1. The molecular formula is C16H17N7O4S. The Balaban J connectivity index is 1.51. The summed E-state index contributed by atoms with van der Waals surface area (Å²) in [6.45, 7) is 0. The fraction of sp³-hybridized carbons (Fsp3) is 0.375. The summed E-state index contributed by atoms with van der Waals surface area (Å²) < 4.78 is 24.8. The third-order valence-electron chi connectivity index (χ3n) is 4.59. The molecule has 0 saturated carbocycles. The third-order valence-corrected chi connectivity index (χ3v) is 6.34. The van der Waals surface area contributed by atoms with E-state index in [2.05, 4.69) is 25.9 Å². The predicted molar refractivity (Wildman–Crippen MR) is 98.4 cm³/mol. The van der Waals surface area contributed by atoms with Gasteiger partial charge in [-0.1, -0.05) is 6.07 Å².